The molecule has 0 radical (unpaired) electrons. The number of halogens is 2. The zero-order valence-corrected chi connectivity index (χ0v) is 23.3. The van der Waals surface area contributed by atoms with Gasteiger partial charge in [0.1, 0.15) is 17.3 Å². The van der Waals surface area contributed by atoms with Gasteiger partial charge in [0.15, 0.2) is 5.71 Å². The Morgan fingerprint density at radius 3 is 2.36 bits per heavy atom. The average molecular weight is 588 g/mol. The van der Waals surface area contributed by atoms with E-state index >= 15 is 0 Å². The summed E-state index contributed by atoms with van der Waals surface area (Å²) in [4.78, 5) is 38.9. The maximum atomic E-state index is 14.0. The van der Waals surface area contributed by atoms with Crippen LogP contribution in [0.2, 0.25) is 5.02 Å². The standard InChI is InChI=1S/C31H23ClFN3O6/c1-15-8-16(2)10-20(9-15)36-26-12-18(31(41)42-3)4-6-21(26)27(29(36)38)35-34-25-14-19(32)13-22(28(25)37)17-5-7-24(33)23(11-17)30(39)40/h4-14,34,37H,1-3H3,(H,39,40)/b35-27+. The molecule has 42 heavy (non-hydrogen) atoms. The number of hydrogen-bond donors (Lipinski definition) is 3. The summed E-state index contributed by atoms with van der Waals surface area (Å²) in [6, 6.07) is 16.4. The Kier molecular flexibility index (Phi) is 7.40. The molecule has 0 atom stereocenters. The maximum Gasteiger partial charge on any atom is 0.338 e. The van der Waals surface area contributed by atoms with Crippen LogP contribution in [0.5, 0.6) is 5.75 Å². The van der Waals surface area contributed by atoms with Crippen molar-refractivity contribution in [2.45, 2.75) is 13.8 Å². The summed E-state index contributed by atoms with van der Waals surface area (Å²) in [6.07, 6.45) is 0. The number of rotatable bonds is 6. The molecule has 0 aliphatic carbocycles. The molecular formula is C31H23ClFN3O6. The van der Waals surface area contributed by atoms with E-state index in [4.69, 9.17) is 16.3 Å². The van der Waals surface area contributed by atoms with Crippen molar-refractivity contribution in [3.63, 3.8) is 0 Å². The number of phenols is 1. The number of carbonyl (C=O) groups is 3. The van der Waals surface area contributed by atoms with Gasteiger partial charge in [-0.05, 0) is 85.1 Å². The average Bonchev–Trinajstić information content (AvgIpc) is 3.22. The zero-order valence-electron chi connectivity index (χ0n) is 22.5. The van der Waals surface area contributed by atoms with E-state index in [1.807, 2.05) is 32.0 Å². The van der Waals surface area contributed by atoms with Crippen molar-refractivity contribution in [2.24, 2.45) is 5.10 Å². The fourth-order valence-corrected chi connectivity index (χ4v) is 5.03. The predicted molar refractivity (Wildman–Crippen MR) is 156 cm³/mol. The molecule has 3 N–H and O–H groups in total. The third-order valence-electron chi connectivity index (χ3n) is 6.66. The number of esters is 1. The Labute approximate surface area is 244 Å². The fraction of sp³-hybridized carbons (Fsp3) is 0.0968. The van der Waals surface area contributed by atoms with Crippen LogP contribution >= 0.6 is 11.6 Å². The summed E-state index contributed by atoms with van der Waals surface area (Å²) in [7, 11) is 1.26. The molecule has 0 saturated carbocycles. The summed E-state index contributed by atoms with van der Waals surface area (Å²) >= 11 is 6.30. The van der Waals surface area contributed by atoms with Crippen LogP contribution in [0.1, 0.15) is 37.4 Å². The number of nitrogens with one attached hydrogen (secondary N) is 1. The highest BCUT2D eigenvalue weighted by Crippen LogP contribution is 2.41. The lowest BCUT2D eigenvalue weighted by atomic mass is 10.0. The number of carboxylic acid groups (broad SMARTS) is 1. The molecule has 1 amide bonds. The van der Waals surface area contributed by atoms with E-state index in [2.05, 4.69) is 10.5 Å². The number of amides is 1. The number of carbonyl (C=O) groups excluding carboxylic acids is 2. The van der Waals surface area contributed by atoms with Gasteiger partial charge in [-0.3, -0.25) is 15.1 Å². The quantitative estimate of drug-likeness (QED) is 0.134. The monoisotopic (exact) mass is 587 g/mol. The molecule has 1 aliphatic rings. The molecule has 9 nitrogen and oxygen atoms in total. The normalized spacial score (nSPS) is 13.3. The van der Waals surface area contributed by atoms with Crippen molar-refractivity contribution in [1.82, 2.24) is 0 Å². The highest BCUT2D eigenvalue weighted by molar-refractivity contribution is 6.55. The second-order valence-electron chi connectivity index (χ2n) is 9.63. The van der Waals surface area contributed by atoms with E-state index in [1.165, 1.54) is 36.3 Å². The van der Waals surface area contributed by atoms with Gasteiger partial charge in [-0.1, -0.05) is 23.7 Å². The van der Waals surface area contributed by atoms with Crippen LogP contribution in [-0.4, -0.2) is 40.9 Å². The van der Waals surface area contributed by atoms with Crippen molar-refractivity contribution >= 4 is 52.2 Å². The van der Waals surface area contributed by atoms with Crippen LogP contribution in [-0.2, 0) is 9.53 Å². The predicted octanol–water partition coefficient (Wildman–Crippen LogP) is 6.45. The minimum atomic E-state index is -1.47. The van der Waals surface area contributed by atoms with Gasteiger partial charge in [-0.25, -0.2) is 14.0 Å². The minimum Gasteiger partial charge on any atom is -0.505 e. The lowest BCUT2D eigenvalue weighted by molar-refractivity contribution is -0.111. The number of carboxylic acids is 1. The number of benzene rings is 4. The molecule has 1 aliphatic heterocycles. The van der Waals surface area contributed by atoms with E-state index in [1.54, 1.807) is 12.1 Å². The van der Waals surface area contributed by atoms with Crippen molar-refractivity contribution in [3.8, 4) is 16.9 Å². The van der Waals surface area contributed by atoms with Gasteiger partial charge < -0.3 is 14.9 Å². The first-order valence-electron chi connectivity index (χ1n) is 12.5. The Morgan fingerprint density at radius 2 is 1.69 bits per heavy atom. The third-order valence-corrected chi connectivity index (χ3v) is 6.87. The van der Waals surface area contributed by atoms with Crippen LogP contribution in [0.15, 0.2) is 71.8 Å². The van der Waals surface area contributed by atoms with Crippen molar-refractivity contribution in [2.75, 3.05) is 17.4 Å². The number of fused-ring (bicyclic) bond motifs is 1. The summed E-state index contributed by atoms with van der Waals surface area (Å²) in [5.41, 5.74) is 5.94. The molecule has 11 heteroatoms. The fourth-order valence-electron chi connectivity index (χ4n) is 4.81. The number of aromatic hydroxyl groups is 1. The lowest BCUT2D eigenvalue weighted by Crippen LogP contribution is -2.26. The first kappa shape index (κ1) is 28.3. The second kappa shape index (κ2) is 11.0. The maximum absolute atomic E-state index is 14.0. The summed E-state index contributed by atoms with van der Waals surface area (Å²) < 4.78 is 18.8. The zero-order chi connectivity index (χ0) is 30.3. The smallest absolute Gasteiger partial charge is 0.338 e. The number of hydrazone groups is 1. The summed E-state index contributed by atoms with van der Waals surface area (Å²) in [5, 5.41) is 24.8. The first-order chi connectivity index (χ1) is 20.0. The molecule has 0 aromatic heterocycles. The number of aromatic carboxylic acids is 1. The first-order valence-corrected chi connectivity index (χ1v) is 12.9. The van der Waals surface area contributed by atoms with Gasteiger partial charge in [0.05, 0.1) is 23.9 Å². The SMILES string of the molecule is COC(=O)c1ccc2c(c1)N(c1cc(C)cc(C)c1)C(=O)/C2=N/Nc1cc(Cl)cc(-c2ccc(F)c(C(=O)O)c2)c1O. The summed E-state index contributed by atoms with van der Waals surface area (Å²) in [5.74, 6) is -3.82. The van der Waals surface area contributed by atoms with Crippen LogP contribution in [0.4, 0.5) is 21.5 Å². The van der Waals surface area contributed by atoms with Crippen molar-refractivity contribution < 1.29 is 33.7 Å². The second-order valence-corrected chi connectivity index (χ2v) is 10.1. The largest absolute Gasteiger partial charge is 0.505 e. The number of methoxy groups -OCH3 is 1. The van der Waals surface area contributed by atoms with E-state index < -0.39 is 29.2 Å². The van der Waals surface area contributed by atoms with Gasteiger partial charge in [0.25, 0.3) is 5.91 Å². The third kappa shape index (κ3) is 5.15. The van der Waals surface area contributed by atoms with Gasteiger partial charge >= 0.3 is 11.9 Å². The molecule has 0 unspecified atom stereocenters. The molecule has 0 spiro atoms. The highest BCUT2D eigenvalue weighted by Gasteiger charge is 2.36. The van der Waals surface area contributed by atoms with E-state index in [0.717, 1.165) is 23.3 Å². The molecule has 212 valence electrons. The lowest BCUT2D eigenvalue weighted by Gasteiger charge is -2.19. The minimum absolute atomic E-state index is 0.00329. The Balaban J connectivity index is 1.59. The molecule has 4 aromatic rings. The van der Waals surface area contributed by atoms with Crippen LogP contribution in [0.25, 0.3) is 11.1 Å². The van der Waals surface area contributed by atoms with Gasteiger partial charge in [0.2, 0.25) is 0 Å². The topological polar surface area (TPSA) is 129 Å². The number of anilines is 3. The Morgan fingerprint density at radius 1 is 0.976 bits per heavy atom. The molecule has 0 bridgehead atoms. The number of ether oxygens (including phenoxy) is 1. The molecular weight excluding hydrogens is 565 g/mol. The van der Waals surface area contributed by atoms with Gasteiger partial charge in [-0.2, -0.15) is 5.10 Å². The van der Waals surface area contributed by atoms with E-state index in [-0.39, 0.29) is 38.9 Å². The number of aryl methyl sites for hydroxylation is 2. The van der Waals surface area contributed by atoms with Crippen LogP contribution in [0, 0.1) is 19.7 Å². The van der Waals surface area contributed by atoms with E-state index in [9.17, 15) is 29.0 Å². The molecule has 0 fully saturated rings. The van der Waals surface area contributed by atoms with Gasteiger partial charge in [-0.15, -0.1) is 0 Å². The number of nitrogens with zero attached hydrogens (tertiary/aromatic N) is 2. The van der Waals surface area contributed by atoms with Crippen LogP contribution in [0.3, 0.4) is 0 Å². The Bertz CT molecular complexity index is 1820. The number of hydrogen-bond acceptors (Lipinski definition) is 7. The summed E-state index contributed by atoms with van der Waals surface area (Å²) in [6.45, 7) is 3.80. The van der Waals surface area contributed by atoms with Gasteiger partial charge in [0, 0.05) is 21.8 Å². The Hall–Kier alpha value is -5.22. The van der Waals surface area contributed by atoms with Crippen LogP contribution < -0.4 is 10.3 Å². The highest BCUT2D eigenvalue weighted by atomic mass is 35.5. The van der Waals surface area contributed by atoms with E-state index in [0.29, 0.717) is 16.9 Å². The number of phenolic OH excluding ortho intramolecular Hbond substituents is 1. The molecule has 1 heterocycles. The van der Waals surface area contributed by atoms with Crippen molar-refractivity contribution in [1.29, 1.82) is 0 Å². The van der Waals surface area contributed by atoms with Crippen molar-refractivity contribution in [3.05, 3.63) is 105 Å². The molecule has 5 rings (SSSR count). The molecule has 0 saturated heterocycles. The molecule has 4 aromatic carbocycles.